The number of rotatable bonds is 3. The van der Waals surface area contributed by atoms with Crippen molar-refractivity contribution in [2.75, 3.05) is 5.43 Å². The molecule has 0 radical (unpaired) electrons. The van der Waals surface area contributed by atoms with Crippen LogP contribution >= 0.6 is 11.6 Å². The van der Waals surface area contributed by atoms with Crippen LogP contribution in [0.1, 0.15) is 5.56 Å². The molecule has 5 heteroatoms. The Morgan fingerprint density at radius 3 is 2.44 bits per heavy atom. The van der Waals surface area contributed by atoms with Gasteiger partial charge in [0, 0.05) is 5.56 Å². The number of hydrogen-bond donors (Lipinski definition) is 2. The fourth-order valence-electron chi connectivity index (χ4n) is 1.36. The van der Waals surface area contributed by atoms with Gasteiger partial charge >= 0.3 is 0 Å². The zero-order valence-corrected chi connectivity index (χ0v) is 10.2. The minimum atomic E-state index is -0.314. The molecule has 0 aliphatic heterocycles. The van der Waals surface area contributed by atoms with Gasteiger partial charge in [0.15, 0.2) is 5.84 Å². The molecule has 3 N–H and O–H groups in total. The Hall–Kier alpha value is -2.07. The highest BCUT2D eigenvalue weighted by Crippen LogP contribution is 2.20. The van der Waals surface area contributed by atoms with E-state index < -0.39 is 0 Å². The zero-order chi connectivity index (χ0) is 13.0. The van der Waals surface area contributed by atoms with Crippen LogP contribution < -0.4 is 11.2 Å². The summed E-state index contributed by atoms with van der Waals surface area (Å²) in [6, 6.07) is 12.9. The summed E-state index contributed by atoms with van der Waals surface area (Å²) in [5.74, 6) is -0.0551. The molecule has 0 unspecified atom stereocenters. The predicted molar refractivity (Wildman–Crippen MR) is 72.2 cm³/mol. The van der Waals surface area contributed by atoms with Crippen LogP contribution in [0.4, 0.5) is 10.1 Å². The minimum Gasteiger partial charge on any atom is -0.382 e. The highest BCUT2D eigenvalue weighted by molar-refractivity contribution is 6.33. The van der Waals surface area contributed by atoms with Gasteiger partial charge in [-0.3, -0.25) is 5.43 Å². The van der Waals surface area contributed by atoms with Crippen LogP contribution in [0.25, 0.3) is 0 Å². The molecule has 2 rings (SSSR count). The summed E-state index contributed by atoms with van der Waals surface area (Å²) in [6.45, 7) is 0. The fourth-order valence-corrected chi connectivity index (χ4v) is 1.54. The van der Waals surface area contributed by atoms with Crippen molar-refractivity contribution in [2.24, 2.45) is 10.8 Å². The molecule has 0 amide bonds. The molecule has 3 nitrogen and oxygen atoms in total. The first-order valence-corrected chi connectivity index (χ1v) is 5.64. The van der Waals surface area contributed by atoms with Crippen molar-refractivity contribution >= 4 is 23.1 Å². The van der Waals surface area contributed by atoms with Crippen molar-refractivity contribution in [3.05, 3.63) is 64.9 Å². The second-order valence-corrected chi connectivity index (χ2v) is 4.00. The Bertz CT molecular complexity index is 567. The molecule has 0 fully saturated rings. The summed E-state index contributed by atoms with van der Waals surface area (Å²) >= 11 is 5.95. The number of amidine groups is 1. The summed E-state index contributed by atoms with van der Waals surface area (Å²) in [5, 5.41) is 4.54. The van der Waals surface area contributed by atoms with Crippen molar-refractivity contribution in [3.63, 3.8) is 0 Å². The van der Waals surface area contributed by atoms with E-state index in [2.05, 4.69) is 10.5 Å². The number of hydrogen-bond acceptors (Lipinski definition) is 2. The van der Waals surface area contributed by atoms with E-state index in [1.165, 1.54) is 12.1 Å². The maximum Gasteiger partial charge on any atom is 0.150 e. The van der Waals surface area contributed by atoms with E-state index >= 15 is 0 Å². The Morgan fingerprint density at radius 2 is 1.78 bits per heavy atom. The number of para-hydroxylation sites is 1. The quantitative estimate of drug-likeness (QED) is 0.508. The first-order chi connectivity index (χ1) is 8.66. The number of anilines is 1. The molecule has 0 aliphatic carbocycles. The van der Waals surface area contributed by atoms with E-state index in [1.807, 2.05) is 12.1 Å². The molecule has 18 heavy (non-hydrogen) atoms. The highest BCUT2D eigenvalue weighted by Gasteiger charge is 2.00. The Kier molecular flexibility index (Phi) is 3.79. The summed E-state index contributed by atoms with van der Waals surface area (Å²) in [5.41, 5.74) is 9.82. The van der Waals surface area contributed by atoms with Gasteiger partial charge in [0.2, 0.25) is 0 Å². The smallest absolute Gasteiger partial charge is 0.150 e. The average molecular weight is 264 g/mol. The van der Waals surface area contributed by atoms with Gasteiger partial charge in [-0.1, -0.05) is 23.7 Å². The molecule has 0 bridgehead atoms. The summed E-state index contributed by atoms with van der Waals surface area (Å²) < 4.78 is 12.7. The van der Waals surface area contributed by atoms with E-state index in [9.17, 15) is 4.39 Å². The molecule has 0 heterocycles. The molecule has 0 aromatic heterocycles. The third-order valence-corrected chi connectivity index (χ3v) is 2.64. The van der Waals surface area contributed by atoms with Crippen molar-refractivity contribution in [3.8, 4) is 0 Å². The number of nitrogens with zero attached hydrogens (tertiary/aromatic N) is 1. The number of nitrogens with one attached hydrogen (secondary N) is 1. The first kappa shape index (κ1) is 12.4. The minimum absolute atomic E-state index is 0.259. The van der Waals surface area contributed by atoms with Gasteiger partial charge in [0.05, 0.1) is 10.7 Å². The molecule has 2 aromatic rings. The van der Waals surface area contributed by atoms with Crippen molar-refractivity contribution in [2.45, 2.75) is 0 Å². The fraction of sp³-hybridized carbons (Fsp3) is 0. The maximum atomic E-state index is 12.7. The topological polar surface area (TPSA) is 50.4 Å². The van der Waals surface area contributed by atoms with E-state index in [0.29, 0.717) is 16.3 Å². The summed E-state index contributed by atoms with van der Waals surface area (Å²) in [4.78, 5) is 0. The molecule has 2 aromatic carbocycles. The Labute approximate surface area is 109 Å². The maximum absolute atomic E-state index is 12.7. The predicted octanol–water partition coefficient (Wildman–Crippen LogP) is 3.21. The van der Waals surface area contributed by atoms with Gasteiger partial charge in [-0.15, -0.1) is 0 Å². The van der Waals surface area contributed by atoms with Crippen LogP contribution in [-0.2, 0) is 0 Å². The van der Waals surface area contributed by atoms with Gasteiger partial charge in [0.1, 0.15) is 5.82 Å². The number of nitrogens with two attached hydrogens (primary N) is 1. The van der Waals surface area contributed by atoms with Crippen molar-refractivity contribution in [1.82, 2.24) is 0 Å². The molecule has 0 saturated heterocycles. The SMILES string of the molecule is N/C(=N\Nc1ccccc1Cl)c1ccc(F)cc1. The second-order valence-electron chi connectivity index (χ2n) is 3.60. The average Bonchev–Trinajstić information content (AvgIpc) is 2.38. The molecular formula is C13H11ClFN3. The lowest BCUT2D eigenvalue weighted by atomic mass is 10.2. The lowest BCUT2D eigenvalue weighted by Crippen LogP contribution is -2.15. The standard InChI is InChI=1S/C13H11ClFN3/c14-11-3-1-2-4-12(11)17-18-13(16)9-5-7-10(15)8-6-9/h1-8,17H,(H2,16,18). The lowest BCUT2D eigenvalue weighted by Gasteiger charge is -2.04. The molecule has 0 spiro atoms. The van der Waals surface area contributed by atoms with Crippen molar-refractivity contribution < 1.29 is 4.39 Å². The molecule has 0 atom stereocenters. The Morgan fingerprint density at radius 1 is 1.11 bits per heavy atom. The van der Waals surface area contributed by atoms with Crippen LogP contribution in [-0.4, -0.2) is 5.84 Å². The van der Waals surface area contributed by atoms with Gasteiger partial charge in [0.25, 0.3) is 0 Å². The number of hydrazone groups is 1. The van der Waals surface area contributed by atoms with Crippen LogP contribution in [0.15, 0.2) is 53.6 Å². The lowest BCUT2D eigenvalue weighted by molar-refractivity contribution is 0.628. The molecule has 92 valence electrons. The zero-order valence-electron chi connectivity index (χ0n) is 9.40. The summed E-state index contributed by atoms with van der Waals surface area (Å²) in [7, 11) is 0. The third kappa shape index (κ3) is 2.99. The molecule has 0 aliphatic rings. The van der Waals surface area contributed by atoms with Gasteiger partial charge in [-0.05, 0) is 36.4 Å². The Balaban J connectivity index is 2.14. The van der Waals surface area contributed by atoms with E-state index in [4.69, 9.17) is 17.3 Å². The number of halogens is 2. The second kappa shape index (κ2) is 5.51. The molecular weight excluding hydrogens is 253 g/mol. The largest absolute Gasteiger partial charge is 0.382 e. The third-order valence-electron chi connectivity index (χ3n) is 2.31. The molecule has 0 saturated carbocycles. The van der Waals surface area contributed by atoms with Crippen LogP contribution in [0.2, 0.25) is 5.02 Å². The van der Waals surface area contributed by atoms with Gasteiger partial charge in [-0.25, -0.2) is 4.39 Å². The number of benzene rings is 2. The monoisotopic (exact) mass is 263 g/mol. The van der Waals surface area contributed by atoms with Crippen LogP contribution in [0, 0.1) is 5.82 Å². The summed E-state index contributed by atoms with van der Waals surface area (Å²) in [6.07, 6.45) is 0. The van der Waals surface area contributed by atoms with E-state index in [1.54, 1.807) is 24.3 Å². The van der Waals surface area contributed by atoms with Crippen LogP contribution in [0.5, 0.6) is 0 Å². The van der Waals surface area contributed by atoms with E-state index in [0.717, 1.165) is 0 Å². The normalized spacial score (nSPS) is 11.3. The van der Waals surface area contributed by atoms with Gasteiger partial charge in [-0.2, -0.15) is 5.10 Å². The van der Waals surface area contributed by atoms with Crippen molar-refractivity contribution in [1.29, 1.82) is 0 Å². The van der Waals surface area contributed by atoms with Crippen LogP contribution in [0.3, 0.4) is 0 Å². The first-order valence-electron chi connectivity index (χ1n) is 5.26. The van der Waals surface area contributed by atoms with E-state index in [-0.39, 0.29) is 11.7 Å². The highest BCUT2D eigenvalue weighted by atomic mass is 35.5. The van der Waals surface area contributed by atoms with Gasteiger partial charge < -0.3 is 5.73 Å².